The summed E-state index contributed by atoms with van der Waals surface area (Å²) in [5.74, 6) is 0. The Labute approximate surface area is 53.9 Å². The van der Waals surface area contributed by atoms with Crippen LogP contribution in [0.2, 0.25) is 0 Å². The minimum absolute atomic E-state index is 0.132. The molecule has 8 heavy (non-hydrogen) atoms. The van der Waals surface area contributed by atoms with Gasteiger partial charge in [-0.05, 0) is 42.3 Å². The third-order valence-corrected chi connectivity index (χ3v) is 3.10. The first-order valence-corrected chi connectivity index (χ1v) is 5.14. The molecule has 0 aromatic carbocycles. The van der Waals surface area contributed by atoms with Crippen LogP contribution in [0.15, 0.2) is 0 Å². The third kappa shape index (κ3) is 2.64. The van der Waals surface area contributed by atoms with Crippen LogP contribution < -0.4 is 0 Å². The van der Waals surface area contributed by atoms with Crippen LogP contribution in [-0.4, -0.2) is 31.1 Å². The van der Waals surface area contributed by atoms with Crippen LogP contribution in [0.1, 0.15) is 13.8 Å². The zero-order chi connectivity index (χ0) is 6.73. The van der Waals surface area contributed by atoms with Gasteiger partial charge in [-0.15, -0.1) is 0 Å². The smallest absolute Gasteiger partial charge is 0.00741 e. The molecule has 0 spiro atoms. The average Bonchev–Trinajstić information content (AvgIpc) is 1.64. The first kappa shape index (κ1) is 8.39. The van der Waals surface area contributed by atoms with E-state index in [0.29, 0.717) is 6.04 Å². The maximum atomic E-state index is 2.40. The monoisotopic (exact) mass is 133 g/mol. The van der Waals surface area contributed by atoms with Crippen LogP contribution >= 0.6 is 8.07 Å². The predicted octanol–water partition coefficient (Wildman–Crippen LogP) is 1.98. The van der Waals surface area contributed by atoms with Gasteiger partial charge in [0, 0.05) is 6.04 Å². The number of rotatable bonds is 2. The van der Waals surface area contributed by atoms with Gasteiger partial charge < -0.3 is 0 Å². The zero-order valence-corrected chi connectivity index (χ0v) is 7.37. The van der Waals surface area contributed by atoms with E-state index in [-0.39, 0.29) is 8.07 Å². The molecular formula is C6H16NP. The van der Waals surface area contributed by atoms with Crippen molar-refractivity contribution < 1.29 is 0 Å². The van der Waals surface area contributed by atoms with E-state index < -0.39 is 0 Å². The second-order valence-corrected chi connectivity index (χ2v) is 4.84. The van der Waals surface area contributed by atoms with Gasteiger partial charge in [-0.2, -0.15) is 0 Å². The lowest BCUT2D eigenvalue weighted by molar-refractivity contribution is 0.456. The summed E-state index contributed by atoms with van der Waals surface area (Å²) in [6, 6.07) is 0.705. The SMILES string of the molecule is CC(C)N(C)P(C)C. The summed E-state index contributed by atoms with van der Waals surface area (Å²) in [5.41, 5.74) is 0. The Balaban J connectivity index is 3.46. The van der Waals surface area contributed by atoms with Crippen molar-refractivity contribution in [3.63, 3.8) is 0 Å². The lowest BCUT2D eigenvalue weighted by Gasteiger charge is -2.24. The Morgan fingerprint density at radius 1 is 1.25 bits per heavy atom. The van der Waals surface area contributed by atoms with Crippen molar-refractivity contribution in [2.45, 2.75) is 19.9 Å². The summed E-state index contributed by atoms with van der Waals surface area (Å²) in [6.45, 7) is 9.00. The first-order chi connectivity index (χ1) is 3.55. The van der Waals surface area contributed by atoms with E-state index in [0.717, 1.165) is 0 Å². The zero-order valence-electron chi connectivity index (χ0n) is 6.47. The summed E-state index contributed by atoms with van der Waals surface area (Å²) < 4.78 is 2.40. The molecule has 0 N–H and O–H groups in total. The summed E-state index contributed by atoms with van der Waals surface area (Å²) in [6.07, 6.45) is 0. The number of hydrogen-bond donors (Lipinski definition) is 0. The average molecular weight is 133 g/mol. The molecule has 0 atom stereocenters. The molecule has 0 aliphatic carbocycles. The topological polar surface area (TPSA) is 3.24 Å². The van der Waals surface area contributed by atoms with Crippen molar-refractivity contribution in [1.82, 2.24) is 4.67 Å². The number of hydrogen-bond acceptors (Lipinski definition) is 1. The van der Waals surface area contributed by atoms with Crippen LogP contribution in [0.4, 0.5) is 0 Å². The van der Waals surface area contributed by atoms with Gasteiger partial charge in [-0.1, -0.05) is 0 Å². The van der Waals surface area contributed by atoms with Gasteiger partial charge in [0.05, 0.1) is 0 Å². The molecule has 0 saturated carbocycles. The van der Waals surface area contributed by atoms with Crippen LogP contribution in [0.25, 0.3) is 0 Å². The Hall–Kier alpha value is 0.390. The Bertz CT molecular complexity index is 53.5. The fraction of sp³-hybridized carbons (Fsp3) is 1.00. The fourth-order valence-corrected chi connectivity index (χ4v) is 1.39. The van der Waals surface area contributed by atoms with E-state index in [1.54, 1.807) is 0 Å². The molecule has 0 fully saturated rings. The molecule has 0 amide bonds. The van der Waals surface area contributed by atoms with Gasteiger partial charge in [0.1, 0.15) is 0 Å². The van der Waals surface area contributed by atoms with Gasteiger partial charge >= 0.3 is 0 Å². The second kappa shape index (κ2) is 3.42. The Morgan fingerprint density at radius 2 is 1.62 bits per heavy atom. The minimum Gasteiger partial charge on any atom is -0.283 e. The lowest BCUT2D eigenvalue weighted by atomic mass is 10.4. The molecular weight excluding hydrogens is 117 g/mol. The van der Waals surface area contributed by atoms with Gasteiger partial charge in [-0.3, -0.25) is 4.67 Å². The normalized spacial score (nSPS) is 12.0. The Morgan fingerprint density at radius 3 is 1.62 bits per heavy atom. The lowest BCUT2D eigenvalue weighted by Crippen LogP contribution is -2.19. The molecule has 0 rings (SSSR count). The summed E-state index contributed by atoms with van der Waals surface area (Å²) in [5, 5.41) is 0. The molecule has 0 saturated heterocycles. The predicted molar refractivity (Wildman–Crippen MR) is 41.7 cm³/mol. The highest BCUT2D eigenvalue weighted by atomic mass is 31.1. The maximum absolute atomic E-state index is 2.40. The maximum Gasteiger partial charge on any atom is 0.00741 e. The van der Waals surface area contributed by atoms with E-state index in [2.05, 4.69) is 38.9 Å². The van der Waals surface area contributed by atoms with E-state index in [1.807, 2.05) is 0 Å². The molecule has 2 heteroatoms. The summed E-state index contributed by atoms with van der Waals surface area (Å²) >= 11 is 0. The molecule has 1 nitrogen and oxygen atoms in total. The van der Waals surface area contributed by atoms with Crippen molar-refractivity contribution in [1.29, 1.82) is 0 Å². The largest absolute Gasteiger partial charge is 0.283 e. The molecule has 0 aliphatic rings. The van der Waals surface area contributed by atoms with Crippen LogP contribution in [-0.2, 0) is 0 Å². The van der Waals surface area contributed by atoms with Crippen LogP contribution in [0.5, 0.6) is 0 Å². The van der Waals surface area contributed by atoms with Gasteiger partial charge in [0.2, 0.25) is 0 Å². The molecule has 0 radical (unpaired) electrons. The van der Waals surface area contributed by atoms with Crippen LogP contribution in [0.3, 0.4) is 0 Å². The quantitative estimate of drug-likeness (QED) is 0.520. The standard InChI is InChI=1S/C6H16NP/c1-6(2)7(3)8(4)5/h6H,1-5H3. The van der Waals surface area contributed by atoms with Crippen molar-refractivity contribution >= 4 is 8.07 Å². The number of nitrogens with zero attached hydrogens (tertiary/aromatic N) is 1. The molecule has 0 bridgehead atoms. The van der Waals surface area contributed by atoms with Gasteiger partial charge in [-0.25, -0.2) is 0 Å². The highest BCUT2D eigenvalue weighted by Gasteiger charge is 2.04. The second-order valence-electron chi connectivity index (χ2n) is 2.51. The van der Waals surface area contributed by atoms with E-state index in [4.69, 9.17) is 0 Å². The molecule has 0 aromatic heterocycles. The van der Waals surface area contributed by atoms with Crippen molar-refractivity contribution in [2.75, 3.05) is 20.4 Å². The van der Waals surface area contributed by atoms with Crippen molar-refractivity contribution in [3.8, 4) is 0 Å². The molecule has 0 aromatic rings. The fourth-order valence-electron chi connectivity index (χ4n) is 0.462. The molecule has 0 unspecified atom stereocenters. The Kier molecular flexibility index (Phi) is 3.59. The van der Waals surface area contributed by atoms with Gasteiger partial charge in [0.25, 0.3) is 0 Å². The highest BCUT2D eigenvalue weighted by molar-refractivity contribution is 7.53. The van der Waals surface area contributed by atoms with E-state index >= 15 is 0 Å². The first-order valence-electron chi connectivity index (χ1n) is 2.95. The third-order valence-electron chi connectivity index (χ3n) is 1.38. The summed E-state index contributed by atoms with van der Waals surface area (Å²) in [4.78, 5) is 0. The molecule has 0 aliphatic heterocycles. The highest BCUT2D eigenvalue weighted by Crippen LogP contribution is 2.30. The summed E-state index contributed by atoms with van der Waals surface area (Å²) in [7, 11) is 2.31. The van der Waals surface area contributed by atoms with E-state index in [1.165, 1.54) is 0 Å². The van der Waals surface area contributed by atoms with Crippen LogP contribution in [0, 0.1) is 0 Å². The minimum atomic E-state index is 0.132. The van der Waals surface area contributed by atoms with Crippen molar-refractivity contribution in [3.05, 3.63) is 0 Å². The van der Waals surface area contributed by atoms with E-state index in [9.17, 15) is 0 Å². The van der Waals surface area contributed by atoms with Gasteiger partial charge in [0.15, 0.2) is 0 Å². The van der Waals surface area contributed by atoms with Crippen molar-refractivity contribution in [2.24, 2.45) is 0 Å². The molecule has 50 valence electrons. The molecule has 0 heterocycles.